The van der Waals surface area contributed by atoms with Crippen LogP contribution in [0, 0.1) is 0 Å². The Labute approximate surface area is 156 Å². The lowest BCUT2D eigenvalue weighted by Crippen LogP contribution is -2.43. The van der Waals surface area contributed by atoms with Gasteiger partial charge in [-0.25, -0.2) is 0 Å². The summed E-state index contributed by atoms with van der Waals surface area (Å²) >= 11 is 0. The number of carbonyl (C=O) groups is 1. The third-order valence-electron chi connectivity index (χ3n) is 4.74. The van der Waals surface area contributed by atoms with Crippen molar-refractivity contribution in [2.45, 2.75) is 31.2 Å². The van der Waals surface area contributed by atoms with Gasteiger partial charge in [0, 0.05) is 32.8 Å². The Morgan fingerprint density at radius 2 is 2.11 bits per heavy atom. The lowest BCUT2D eigenvalue weighted by atomic mass is 10.1. The molecular weight excluding hydrogens is 352 g/mol. The van der Waals surface area contributed by atoms with E-state index in [2.05, 4.69) is 20.8 Å². The highest BCUT2D eigenvalue weighted by Crippen LogP contribution is 2.36. The second-order valence-corrected chi connectivity index (χ2v) is 6.87. The first-order valence-corrected chi connectivity index (χ1v) is 8.76. The van der Waals surface area contributed by atoms with E-state index < -0.39 is 0 Å². The Balaban J connectivity index is 1.51. The van der Waals surface area contributed by atoms with Crippen molar-refractivity contribution in [1.82, 2.24) is 25.5 Å². The van der Waals surface area contributed by atoms with Crippen molar-refractivity contribution in [3.05, 3.63) is 24.3 Å². The molecule has 0 radical (unpaired) electrons. The molecule has 0 unspecified atom stereocenters. The zero-order valence-corrected chi connectivity index (χ0v) is 15.4. The first-order chi connectivity index (χ1) is 13.0. The predicted octanol–water partition coefficient (Wildman–Crippen LogP) is 0.375. The Morgan fingerprint density at radius 1 is 1.30 bits per heavy atom. The number of nitrogens with zero attached hydrogens (tertiary/aromatic N) is 5. The average Bonchev–Trinajstić information content (AvgIpc) is 3.32. The maximum atomic E-state index is 11.3. The lowest BCUT2D eigenvalue weighted by Gasteiger charge is -2.18. The van der Waals surface area contributed by atoms with E-state index in [4.69, 9.17) is 14.2 Å². The van der Waals surface area contributed by atoms with Gasteiger partial charge in [-0.3, -0.25) is 4.79 Å². The molecule has 10 nitrogen and oxygen atoms in total. The van der Waals surface area contributed by atoms with Crippen molar-refractivity contribution in [2.24, 2.45) is 0 Å². The van der Waals surface area contributed by atoms with Crippen LogP contribution in [0.15, 0.2) is 24.3 Å². The molecule has 2 aromatic rings. The fourth-order valence-electron chi connectivity index (χ4n) is 3.47. The number of fused-ring (bicyclic) bond motifs is 1. The van der Waals surface area contributed by atoms with Crippen molar-refractivity contribution < 1.29 is 19.0 Å². The van der Waals surface area contributed by atoms with Crippen LogP contribution in [-0.4, -0.2) is 71.7 Å². The van der Waals surface area contributed by atoms with Gasteiger partial charge in [0.2, 0.25) is 5.91 Å². The Morgan fingerprint density at radius 3 is 2.89 bits per heavy atom. The van der Waals surface area contributed by atoms with E-state index in [9.17, 15) is 4.79 Å². The fourth-order valence-corrected chi connectivity index (χ4v) is 3.47. The SMILES string of the molecule is CC(=O)N[C@@H]1CO[C@@H]2[C@@H]1OC[C@@H]2n1nnnc1Oc1cccc(N(C)C)c1. The van der Waals surface area contributed by atoms with Gasteiger partial charge in [0.15, 0.2) is 0 Å². The molecule has 1 amide bonds. The first-order valence-electron chi connectivity index (χ1n) is 8.76. The Bertz CT molecular complexity index is 825. The molecule has 27 heavy (non-hydrogen) atoms. The maximum Gasteiger partial charge on any atom is 0.341 e. The van der Waals surface area contributed by atoms with Gasteiger partial charge in [0.05, 0.1) is 19.3 Å². The van der Waals surface area contributed by atoms with E-state index in [1.165, 1.54) is 6.92 Å². The van der Waals surface area contributed by atoms with Crippen LogP contribution in [0.5, 0.6) is 11.8 Å². The van der Waals surface area contributed by atoms with Crippen molar-refractivity contribution in [1.29, 1.82) is 0 Å². The molecule has 4 rings (SSSR count). The highest BCUT2D eigenvalue weighted by atomic mass is 16.6. The summed E-state index contributed by atoms with van der Waals surface area (Å²) in [4.78, 5) is 13.3. The van der Waals surface area contributed by atoms with E-state index in [-0.39, 0.29) is 36.2 Å². The van der Waals surface area contributed by atoms with Crippen molar-refractivity contribution in [3.8, 4) is 11.8 Å². The summed E-state index contributed by atoms with van der Waals surface area (Å²) in [5.74, 6) is 0.527. The van der Waals surface area contributed by atoms with Gasteiger partial charge in [-0.1, -0.05) is 11.2 Å². The molecule has 2 aliphatic heterocycles. The number of aromatic nitrogens is 4. The quantitative estimate of drug-likeness (QED) is 0.801. The van der Waals surface area contributed by atoms with Gasteiger partial charge in [-0.05, 0) is 22.6 Å². The van der Waals surface area contributed by atoms with Crippen LogP contribution in [0.4, 0.5) is 5.69 Å². The lowest BCUT2D eigenvalue weighted by molar-refractivity contribution is -0.120. The number of hydrogen-bond donors (Lipinski definition) is 1. The van der Waals surface area contributed by atoms with Crippen molar-refractivity contribution in [2.75, 3.05) is 32.2 Å². The normalized spacial score (nSPS) is 26.6. The van der Waals surface area contributed by atoms with Crippen LogP contribution in [0.1, 0.15) is 13.0 Å². The minimum Gasteiger partial charge on any atom is -0.423 e. The van der Waals surface area contributed by atoms with Crippen LogP contribution in [0.2, 0.25) is 0 Å². The zero-order chi connectivity index (χ0) is 19.0. The first kappa shape index (κ1) is 17.7. The molecule has 2 aliphatic rings. The molecule has 1 aromatic heterocycles. The van der Waals surface area contributed by atoms with Gasteiger partial charge in [0.1, 0.15) is 24.0 Å². The third-order valence-corrected chi connectivity index (χ3v) is 4.74. The highest BCUT2D eigenvalue weighted by molar-refractivity contribution is 5.73. The predicted molar refractivity (Wildman–Crippen MR) is 94.8 cm³/mol. The van der Waals surface area contributed by atoms with Gasteiger partial charge < -0.3 is 24.4 Å². The molecule has 1 aromatic carbocycles. The summed E-state index contributed by atoms with van der Waals surface area (Å²) < 4.78 is 19.2. The maximum absolute atomic E-state index is 11.3. The Hall–Kier alpha value is -2.72. The fraction of sp³-hybridized carbons (Fsp3) is 0.529. The number of anilines is 1. The number of benzene rings is 1. The molecule has 1 N–H and O–H groups in total. The van der Waals surface area contributed by atoms with E-state index in [0.717, 1.165) is 5.69 Å². The zero-order valence-electron chi connectivity index (χ0n) is 15.4. The van der Waals surface area contributed by atoms with Crippen LogP contribution in [0.25, 0.3) is 0 Å². The van der Waals surface area contributed by atoms with Gasteiger partial charge in [0.25, 0.3) is 0 Å². The van der Waals surface area contributed by atoms with E-state index in [0.29, 0.717) is 19.0 Å². The second kappa shape index (κ2) is 7.12. The molecule has 144 valence electrons. The van der Waals surface area contributed by atoms with Crippen LogP contribution >= 0.6 is 0 Å². The molecule has 0 bridgehead atoms. The summed E-state index contributed by atoms with van der Waals surface area (Å²) in [6.07, 6.45) is -0.478. The molecule has 3 heterocycles. The van der Waals surface area contributed by atoms with Crippen molar-refractivity contribution in [3.63, 3.8) is 0 Å². The molecular formula is C17H22N6O4. The van der Waals surface area contributed by atoms with Crippen molar-refractivity contribution >= 4 is 11.6 Å². The molecule has 2 fully saturated rings. The number of amides is 1. The summed E-state index contributed by atoms with van der Waals surface area (Å²) in [7, 11) is 3.92. The van der Waals surface area contributed by atoms with Gasteiger partial charge in [-0.15, -0.1) is 0 Å². The molecule has 4 atom stereocenters. The summed E-state index contributed by atoms with van der Waals surface area (Å²) in [6.45, 7) is 2.26. The minimum atomic E-state index is -0.249. The average molecular weight is 374 g/mol. The minimum absolute atomic E-state index is 0.108. The number of carbonyl (C=O) groups excluding carboxylic acids is 1. The van der Waals surface area contributed by atoms with E-state index >= 15 is 0 Å². The molecule has 10 heteroatoms. The molecule has 0 aliphatic carbocycles. The van der Waals surface area contributed by atoms with Gasteiger partial charge >= 0.3 is 6.01 Å². The van der Waals surface area contributed by atoms with E-state index in [1.807, 2.05) is 43.3 Å². The second-order valence-electron chi connectivity index (χ2n) is 6.87. The number of nitrogens with one attached hydrogen (secondary N) is 1. The Kier molecular flexibility index (Phi) is 4.66. The largest absolute Gasteiger partial charge is 0.423 e. The summed E-state index contributed by atoms with van der Waals surface area (Å²) in [5.41, 5.74) is 1.01. The van der Waals surface area contributed by atoms with Crippen LogP contribution in [-0.2, 0) is 14.3 Å². The highest BCUT2D eigenvalue weighted by Gasteiger charge is 2.50. The topological polar surface area (TPSA) is 104 Å². The standard InChI is InChI=1S/C17H22N6O4/c1-10(24)18-13-8-25-16-14(9-26-15(13)16)23-17(19-20-21-23)27-12-6-4-5-11(7-12)22(2)3/h4-7,13-16H,8-9H2,1-3H3,(H,18,24)/t13-,14+,15-,16+/m1/s1. The smallest absolute Gasteiger partial charge is 0.341 e. The molecule has 2 saturated heterocycles. The molecule has 0 spiro atoms. The number of tetrazole rings is 1. The molecule has 0 saturated carbocycles. The summed E-state index contributed by atoms with van der Waals surface area (Å²) in [5, 5.41) is 14.7. The van der Waals surface area contributed by atoms with Crippen LogP contribution < -0.4 is 15.0 Å². The van der Waals surface area contributed by atoms with Crippen LogP contribution in [0.3, 0.4) is 0 Å². The number of ether oxygens (including phenoxy) is 3. The van der Waals surface area contributed by atoms with Gasteiger partial charge in [-0.2, -0.15) is 4.68 Å². The number of hydrogen-bond acceptors (Lipinski definition) is 8. The monoisotopic (exact) mass is 374 g/mol. The summed E-state index contributed by atoms with van der Waals surface area (Å²) in [6, 6.07) is 7.52. The van der Waals surface area contributed by atoms with E-state index in [1.54, 1.807) is 4.68 Å². The third kappa shape index (κ3) is 3.45. The number of rotatable bonds is 5.